The normalized spacial score (nSPS) is 17.4. The Morgan fingerprint density at radius 2 is 1.77 bits per heavy atom. The summed E-state index contributed by atoms with van der Waals surface area (Å²) in [5.41, 5.74) is 1.86. The van der Waals surface area contributed by atoms with Crippen LogP contribution in [0.15, 0.2) is 53.6 Å². The molecule has 4 rings (SSSR count). The van der Waals surface area contributed by atoms with E-state index in [0.717, 1.165) is 0 Å². The zero-order valence-corrected chi connectivity index (χ0v) is 19.5. The average Bonchev–Trinajstić information content (AvgIpc) is 3.09. The number of methoxy groups -OCH3 is 2. The lowest BCUT2D eigenvalue weighted by Crippen LogP contribution is -2.47. The third-order valence-electron chi connectivity index (χ3n) is 5.91. The van der Waals surface area contributed by atoms with Crippen LogP contribution in [0.25, 0.3) is 10.9 Å². The summed E-state index contributed by atoms with van der Waals surface area (Å²) in [6.45, 7) is 1.80. The molecule has 1 unspecified atom stereocenters. The summed E-state index contributed by atoms with van der Waals surface area (Å²) in [4.78, 5) is 54.9. The van der Waals surface area contributed by atoms with Crippen LogP contribution in [-0.4, -0.2) is 46.6 Å². The van der Waals surface area contributed by atoms with Gasteiger partial charge in [-0.1, -0.05) is 30.3 Å². The van der Waals surface area contributed by atoms with Gasteiger partial charge in [0.1, 0.15) is 5.54 Å². The maximum Gasteiger partial charge on any atom is 0.344 e. The van der Waals surface area contributed by atoms with Crippen molar-refractivity contribution in [1.29, 1.82) is 0 Å². The van der Waals surface area contributed by atoms with Crippen LogP contribution in [0.4, 0.5) is 4.79 Å². The summed E-state index contributed by atoms with van der Waals surface area (Å²) in [6, 6.07) is 11.2. The van der Waals surface area contributed by atoms with Gasteiger partial charge in [0.15, 0.2) is 11.5 Å². The highest BCUT2D eigenvalue weighted by molar-refractivity contribution is 6.08. The number of aromatic nitrogens is 2. The van der Waals surface area contributed by atoms with Crippen molar-refractivity contribution in [2.75, 3.05) is 14.2 Å². The maximum absolute atomic E-state index is 12.9. The molecule has 1 aliphatic rings. The lowest BCUT2D eigenvalue weighted by molar-refractivity contribution is -0.139. The molecule has 0 bridgehead atoms. The van der Waals surface area contributed by atoms with Crippen LogP contribution in [0.5, 0.6) is 11.5 Å². The summed E-state index contributed by atoms with van der Waals surface area (Å²) < 4.78 is 11.9. The van der Waals surface area contributed by atoms with Gasteiger partial charge < -0.3 is 14.8 Å². The van der Waals surface area contributed by atoms with E-state index in [9.17, 15) is 19.2 Å². The SMILES string of the molecule is COc1cc2ncn(CCCC(=O)NN3C(=O)NC(C)(c4ccccc4)C3=O)c(=O)c2cc1OC. The molecule has 0 aliphatic carbocycles. The van der Waals surface area contributed by atoms with Gasteiger partial charge in [-0.25, -0.2) is 9.78 Å². The van der Waals surface area contributed by atoms with Gasteiger partial charge in [-0.05, 0) is 25.0 Å². The van der Waals surface area contributed by atoms with E-state index >= 15 is 0 Å². The summed E-state index contributed by atoms with van der Waals surface area (Å²) in [7, 11) is 2.97. The van der Waals surface area contributed by atoms with Crippen LogP contribution in [0.1, 0.15) is 25.3 Å². The predicted molar refractivity (Wildman–Crippen MR) is 126 cm³/mol. The van der Waals surface area contributed by atoms with E-state index < -0.39 is 23.4 Å². The molecule has 1 atom stereocenters. The Hall–Kier alpha value is -4.41. The molecule has 0 saturated carbocycles. The monoisotopic (exact) mass is 479 g/mol. The number of amides is 4. The number of imide groups is 1. The third kappa shape index (κ3) is 4.39. The molecule has 182 valence electrons. The fourth-order valence-corrected chi connectivity index (χ4v) is 3.94. The highest BCUT2D eigenvalue weighted by Gasteiger charge is 2.49. The van der Waals surface area contributed by atoms with Crippen LogP contribution < -0.4 is 25.8 Å². The Labute approximate surface area is 200 Å². The molecule has 1 saturated heterocycles. The molecule has 4 amide bonds. The van der Waals surface area contributed by atoms with E-state index in [1.54, 1.807) is 49.4 Å². The molecular weight excluding hydrogens is 454 g/mol. The Morgan fingerprint density at radius 1 is 1.09 bits per heavy atom. The molecule has 35 heavy (non-hydrogen) atoms. The fraction of sp³-hybridized carbons (Fsp3) is 0.292. The molecular formula is C24H25N5O6. The second kappa shape index (κ2) is 9.45. The van der Waals surface area contributed by atoms with Gasteiger partial charge in [0.05, 0.1) is 31.4 Å². The number of nitrogens with one attached hydrogen (secondary N) is 2. The molecule has 11 heteroatoms. The van der Waals surface area contributed by atoms with Crippen molar-refractivity contribution >= 4 is 28.7 Å². The second-order valence-electron chi connectivity index (χ2n) is 8.17. The minimum Gasteiger partial charge on any atom is -0.493 e. The number of hydrogen-bond donors (Lipinski definition) is 2. The summed E-state index contributed by atoms with van der Waals surface area (Å²) in [5, 5.41) is 3.67. The lowest BCUT2D eigenvalue weighted by atomic mass is 9.92. The number of carbonyl (C=O) groups is 3. The van der Waals surface area contributed by atoms with E-state index in [-0.39, 0.29) is 24.9 Å². The van der Waals surface area contributed by atoms with Crippen molar-refractivity contribution in [3.05, 3.63) is 64.7 Å². The van der Waals surface area contributed by atoms with Crippen molar-refractivity contribution in [3.8, 4) is 11.5 Å². The molecule has 2 aromatic carbocycles. The van der Waals surface area contributed by atoms with Crippen LogP contribution in [0.3, 0.4) is 0 Å². The van der Waals surface area contributed by atoms with E-state index in [0.29, 0.717) is 33.0 Å². The van der Waals surface area contributed by atoms with Gasteiger partial charge in [0, 0.05) is 19.0 Å². The number of ether oxygens (including phenoxy) is 2. The Kier molecular flexibility index (Phi) is 6.41. The zero-order chi connectivity index (χ0) is 25.2. The van der Waals surface area contributed by atoms with Crippen LogP contribution in [-0.2, 0) is 21.7 Å². The third-order valence-corrected chi connectivity index (χ3v) is 5.91. The quantitative estimate of drug-likeness (QED) is 0.470. The highest BCUT2D eigenvalue weighted by Crippen LogP contribution is 2.30. The molecule has 2 N–H and O–H groups in total. The molecule has 1 aliphatic heterocycles. The summed E-state index contributed by atoms with van der Waals surface area (Å²) in [6.07, 6.45) is 1.67. The Balaban J connectivity index is 1.40. The number of benzene rings is 2. The first-order chi connectivity index (χ1) is 16.8. The molecule has 1 fully saturated rings. The van der Waals surface area contributed by atoms with Gasteiger partial charge in [0.25, 0.3) is 11.5 Å². The average molecular weight is 479 g/mol. The number of carbonyl (C=O) groups excluding carboxylic acids is 3. The molecule has 0 radical (unpaired) electrons. The Bertz CT molecular complexity index is 1360. The lowest BCUT2D eigenvalue weighted by Gasteiger charge is -2.22. The highest BCUT2D eigenvalue weighted by atomic mass is 16.5. The number of hydrogen-bond acceptors (Lipinski definition) is 7. The minimum atomic E-state index is -1.28. The van der Waals surface area contributed by atoms with Crippen molar-refractivity contribution in [2.45, 2.75) is 31.8 Å². The van der Waals surface area contributed by atoms with E-state index in [1.807, 2.05) is 0 Å². The number of urea groups is 1. The number of nitrogens with zero attached hydrogens (tertiary/aromatic N) is 3. The first-order valence-electron chi connectivity index (χ1n) is 10.9. The molecule has 1 aromatic heterocycles. The maximum atomic E-state index is 12.9. The van der Waals surface area contributed by atoms with Crippen molar-refractivity contribution < 1.29 is 23.9 Å². The molecule has 11 nitrogen and oxygen atoms in total. The number of hydrazine groups is 1. The van der Waals surface area contributed by atoms with Crippen LogP contribution >= 0.6 is 0 Å². The van der Waals surface area contributed by atoms with E-state index in [1.165, 1.54) is 25.1 Å². The summed E-state index contributed by atoms with van der Waals surface area (Å²) in [5.74, 6) is -0.238. The number of aryl methyl sites for hydroxylation is 1. The van der Waals surface area contributed by atoms with Gasteiger partial charge in [-0.15, -0.1) is 0 Å². The molecule has 2 heterocycles. The first-order valence-corrected chi connectivity index (χ1v) is 10.9. The van der Waals surface area contributed by atoms with E-state index in [2.05, 4.69) is 15.7 Å². The fourth-order valence-electron chi connectivity index (χ4n) is 3.94. The minimum absolute atomic E-state index is 0.0183. The standard InChI is InChI=1S/C24H25N5O6/c1-24(15-8-5-4-6-9-15)22(32)29(23(33)26-24)27-20(30)10-7-11-28-14-25-17-13-19(35-3)18(34-2)12-16(17)21(28)31/h4-6,8-9,12-14H,7,10-11H2,1-3H3,(H,26,33)(H,27,30). The molecule has 3 aromatic rings. The van der Waals surface area contributed by atoms with Crippen molar-refractivity contribution in [3.63, 3.8) is 0 Å². The van der Waals surface area contributed by atoms with Gasteiger partial charge >= 0.3 is 6.03 Å². The van der Waals surface area contributed by atoms with E-state index in [4.69, 9.17) is 9.47 Å². The second-order valence-corrected chi connectivity index (χ2v) is 8.17. The largest absolute Gasteiger partial charge is 0.493 e. The van der Waals surface area contributed by atoms with Crippen LogP contribution in [0, 0.1) is 0 Å². The molecule has 0 spiro atoms. The Morgan fingerprint density at radius 3 is 2.46 bits per heavy atom. The summed E-state index contributed by atoms with van der Waals surface area (Å²) >= 11 is 0. The van der Waals surface area contributed by atoms with Gasteiger partial charge in [-0.2, -0.15) is 5.01 Å². The van der Waals surface area contributed by atoms with Crippen LogP contribution in [0.2, 0.25) is 0 Å². The predicted octanol–water partition coefficient (Wildman–Crippen LogP) is 1.69. The topological polar surface area (TPSA) is 132 Å². The van der Waals surface area contributed by atoms with Gasteiger partial charge in [-0.3, -0.25) is 24.4 Å². The first kappa shape index (κ1) is 23.7. The smallest absolute Gasteiger partial charge is 0.344 e. The van der Waals surface area contributed by atoms with Gasteiger partial charge in [0.2, 0.25) is 5.91 Å². The van der Waals surface area contributed by atoms with Crippen molar-refractivity contribution in [1.82, 2.24) is 25.3 Å². The number of fused-ring (bicyclic) bond motifs is 1. The number of rotatable bonds is 8. The van der Waals surface area contributed by atoms with Crippen molar-refractivity contribution in [2.24, 2.45) is 0 Å². The zero-order valence-electron chi connectivity index (χ0n) is 19.5.